The molecule has 1 aromatic heterocycles. The third-order valence-electron chi connectivity index (χ3n) is 4.67. The molecule has 1 aromatic carbocycles. The van der Waals surface area contributed by atoms with Gasteiger partial charge in [-0.3, -0.25) is 4.99 Å². The molecule has 0 saturated carbocycles. The van der Waals surface area contributed by atoms with E-state index in [0.717, 1.165) is 48.6 Å². The molecule has 0 spiro atoms. The lowest BCUT2D eigenvalue weighted by Crippen LogP contribution is -2.52. The number of aromatic nitrogens is 1. The van der Waals surface area contributed by atoms with E-state index in [0.29, 0.717) is 12.4 Å². The smallest absolute Gasteiger partial charge is 0.213 e. The number of oxazole rings is 1. The highest BCUT2D eigenvalue weighted by Gasteiger charge is 2.22. The van der Waals surface area contributed by atoms with E-state index >= 15 is 0 Å². The summed E-state index contributed by atoms with van der Waals surface area (Å²) in [7, 11) is 1.80. The number of benzene rings is 1. The van der Waals surface area contributed by atoms with Crippen molar-refractivity contribution in [3.8, 4) is 0 Å². The molecule has 3 rings (SSSR count). The SMILES string of the molecule is CN=C(NCc1ncc(C(C)(C)C)o1)N1CCN(c2ccccc2Cl)CC1. The molecular formula is C20H28ClN5O. The second-order valence-corrected chi connectivity index (χ2v) is 8.10. The molecule has 0 amide bonds. The van der Waals surface area contributed by atoms with Crippen LogP contribution in [0.25, 0.3) is 0 Å². The second-order valence-electron chi connectivity index (χ2n) is 7.69. The van der Waals surface area contributed by atoms with Gasteiger partial charge in [0.15, 0.2) is 5.96 Å². The molecule has 27 heavy (non-hydrogen) atoms. The second kappa shape index (κ2) is 8.21. The van der Waals surface area contributed by atoms with E-state index in [4.69, 9.17) is 16.0 Å². The van der Waals surface area contributed by atoms with E-state index in [-0.39, 0.29) is 5.41 Å². The van der Waals surface area contributed by atoms with Gasteiger partial charge in [0.2, 0.25) is 5.89 Å². The zero-order valence-corrected chi connectivity index (χ0v) is 17.3. The first-order valence-corrected chi connectivity index (χ1v) is 9.66. The Hall–Kier alpha value is -2.21. The average Bonchev–Trinajstić information content (AvgIpc) is 3.13. The van der Waals surface area contributed by atoms with E-state index in [1.165, 1.54) is 0 Å². The predicted molar refractivity (Wildman–Crippen MR) is 111 cm³/mol. The summed E-state index contributed by atoms with van der Waals surface area (Å²) in [6.45, 7) is 10.4. The van der Waals surface area contributed by atoms with Crippen LogP contribution >= 0.6 is 11.6 Å². The molecule has 146 valence electrons. The maximum Gasteiger partial charge on any atom is 0.213 e. The Kier molecular flexibility index (Phi) is 5.95. The maximum absolute atomic E-state index is 6.33. The van der Waals surface area contributed by atoms with Crippen molar-refractivity contribution in [2.24, 2.45) is 4.99 Å². The summed E-state index contributed by atoms with van der Waals surface area (Å²) < 4.78 is 5.85. The Morgan fingerprint density at radius 1 is 1.22 bits per heavy atom. The lowest BCUT2D eigenvalue weighted by atomic mass is 9.94. The number of rotatable bonds is 3. The van der Waals surface area contributed by atoms with Crippen LogP contribution in [0.3, 0.4) is 0 Å². The molecule has 2 aromatic rings. The first-order valence-electron chi connectivity index (χ1n) is 9.29. The molecule has 7 heteroatoms. The van der Waals surface area contributed by atoms with Crippen LogP contribution < -0.4 is 10.2 Å². The average molecular weight is 390 g/mol. The first-order chi connectivity index (χ1) is 12.9. The number of piperazine rings is 1. The van der Waals surface area contributed by atoms with Crippen molar-refractivity contribution in [2.75, 3.05) is 38.1 Å². The van der Waals surface area contributed by atoms with Gasteiger partial charge in [-0.15, -0.1) is 0 Å². The van der Waals surface area contributed by atoms with Crippen LogP contribution in [0.2, 0.25) is 5.02 Å². The minimum absolute atomic E-state index is 0.0397. The highest BCUT2D eigenvalue weighted by Crippen LogP contribution is 2.26. The number of hydrogen-bond donors (Lipinski definition) is 1. The van der Waals surface area contributed by atoms with Crippen molar-refractivity contribution in [1.29, 1.82) is 0 Å². The molecule has 1 aliphatic heterocycles. The number of halogens is 1. The number of anilines is 1. The largest absolute Gasteiger partial charge is 0.443 e. The van der Waals surface area contributed by atoms with Crippen molar-refractivity contribution in [3.05, 3.63) is 47.1 Å². The zero-order chi connectivity index (χ0) is 19.4. The molecule has 0 unspecified atom stereocenters. The van der Waals surface area contributed by atoms with Crippen LogP contribution in [0.5, 0.6) is 0 Å². The monoisotopic (exact) mass is 389 g/mol. The van der Waals surface area contributed by atoms with Crippen LogP contribution in [0.4, 0.5) is 5.69 Å². The number of para-hydroxylation sites is 1. The van der Waals surface area contributed by atoms with Crippen LogP contribution in [0.1, 0.15) is 32.4 Å². The van der Waals surface area contributed by atoms with Gasteiger partial charge >= 0.3 is 0 Å². The van der Waals surface area contributed by atoms with Gasteiger partial charge in [-0.2, -0.15) is 0 Å². The van der Waals surface area contributed by atoms with Crippen molar-refractivity contribution in [1.82, 2.24) is 15.2 Å². The summed E-state index contributed by atoms with van der Waals surface area (Å²) in [5.74, 6) is 2.43. The summed E-state index contributed by atoms with van der Waals surface area (Å²) in [5.41, 5.74) is 1.05. The molecule has 0 bridgehead atoms. The third kappa shape index (κ3) is 4.75. The van der Waals surface area contributed by atoms with E-state index in [1.54, 1.807) is 7.05 Å². The normalized spacial score (nSPS) is 16.0. The summed E-state index contributed by atoms with van der Waals surface area (Å²) in [4.78, 5) is 13.4. The fraction of sp³-hybridized carbons (Fsp3) is 0.500. The van der Waals surface area contributed by atoms with Crippen molar-refractivity contribution in [2.45, 2.75) is 32.7 Å². The Balaban J connectivity index is 1.55. The minimum Gasteiger partial charge on any atom is -0.443 e. The number of nitrogens with zero attached hydrogens (tertiary/aromatic N) is 4. The summed E-state index contributed by atoms with van der Waals surface area (Å²) in [6.07, 6.45) is 1.81. The lowest BCUT2D eigenvalue weighted by Gasteiger charge is -2.37. The van der Waals surface area contributed by atoms with Crippen molar-refractivity contribution >= 4 is 23.2 Å². The summed E-state index contributed by atoms with van der Waals surface area (Å²) in [6, 6.07) is 7.99. The van der Waals surface area contributed by atoms with Crippen molar-refractivity contribution in [3.63, 3.8) is 0 Å². The quantitative estimate of drug-likeness (QED) is 0.643. The topological polar surface area (TPSA) is 56.9 Å². The van der Waals surface area contributed by atoms with Crippen LogP contribution in [-0.2, 0) is 12.0 Å². The standard InChI is InChI=1S/C20H28ClN5O/c1-20(2,3)17-13-23-18(27-17)14-24-19(22-4)26-11-9-25(10-12-26)16-8-6-5-7-15(16)21/h5-8,13H,9-12,14H2,1-4H3,(H,22,24). The molecule has 0 radical (unpaired) electrons. The molecule has 6 nitrogen and oxygen atoms in total. The molecule has 1 saturated heterocycles. The van der Waals surface area contributed by atoms with Crippen LogP contribution in [-0.4, -0.2) is 49.1 Å². The van der Waals surface area contributed by atoms with Gasteiger partial charge in [0.25, 0.3) is 0 Å². The molecule has 1 aliphatic rings. The zero-order valence-electron chi connectivity index (χ0n) is 16.5. The Bertz CT molecular complexity index is 788. The van der Waals surface area contributed by atoms with Crippen molar-refractivity contribution < 1.29 is 4.42 Å². The van der Waals surface area contributed by atoms with E-state index in [1.807, 2.05) is 24.4 Å². The Labute approximate surface area is 166 Å². The lowest BCUT2D eigenvalue weighted by molar-refractivity contribution is 0.359. The maximum atomic E-state index is 6.33. The summed E-state index contributed by atoms with van der Waals surface area (Å²) in [5, 5.41) is 4.16. The van der Waals surface area contributed by atoms with Crippen LogP contribution in [0, 0.1) is 0 Å². The molecular weight excluding hydrogens is 362 g/mol. The molecule has 0 aliphatic carbocycles. The molecule has 1 N–H and O–H groups in total. The molecule has 2 heterocycles. The third-order valence-corrected chi connectivity index (χ3v) is 4.99. The van der Waals surface area contributed by atoms with E-state index in [2.05, 4.69) is 51.9 Å². The fourth-order valence-electron chi connectivity index (χ4n) is 3.09. The van der Waals surface area contributed by atoms with Gasteiger partial charge in [-0.05, 0) is 12.1 Å². The van der Waals surface area contributed by atoms with Gasteiger partial charge in [-0.1, -0.05) is 44.5 Å². The molecule has 1 fully saturated rings. The highest BCUT2D eigenvalue weighted by molar-refractivity contribution is 6.33. The predicted octanol–water partition coefficient (Wildman–Crippen LogP) is 3.52. The number of guanidine groups is 1. The number of aliphatic imine (C=N–C) groups is 1. The highest BCUT2D eigenvalue weighted by atomic mass is 35.5. The van der Waals surface area contributed by atoms with Gasteiger partial charge in [0, 0.05) is 38.6 Å². The fourth-order valence-corrected chi connectivity index (χ4v) is 3.35. The van der Waals surface area contributed by atoms with E-state index in [9.17, 15) is 0 Å². The first kappa shape index (κ1) is 19.5. The minimum atomic E-state index is -0.0397. The van der Waals surface area contributed by atoms with Gasteiger partial charge in [0.1, 0.15) is 5.76 Å². The van der Waals surface area contributed by atoms with Gasteiger partial charge in [-0.25, -0.2) is 4.98 Å². The Morgan fingerprint density at radius 3 is 2.52 bits per heavy atom. The molecule has 0 atom stereocenters. The van der Waals surface area contributed by atoms with E-state index < -0.39 is 0 Å². The Morgan fingerprint density at radius 2 is 1.93 bits per heavy atom. The van der Waals surface area contributed by atoms with Gasteiger partial charge < -0.3 is 19.5 Å². The van der Waals surface area contributed by atoms with Gasteiger partial charge in [0.05, 0.1) is 23.5 Å². The number of nitrogens with one attached hydrogen (secondary N) is 1. The number of hydrogen-bond acceptors (Lipinski definition) is 4. The van der Waals surface area contributed by atoms with Crippen LogP contribution in [0.15, 0.2) is 39.9 Å². The summed E-state index contributed by atoms with van der Waals surface area (Å²) >= 11 is 6.33.